The summed E-state index contributed by atoms with van der Waals surface area (Å²) in [5, 5.41) is 2.96. The molecule has 0 bridgehead atoms. The third-order valence-electron chi connectivity index (χ3n) is 2.67. The third kappa shape index (κ3) is 6.64. The number of carbonyl (C=O) groups excluding carboxylic acids is 1. The fraction of sp³-hybridized carbons (Fsp3) is 0.500. The maximum absolute atomic E-state index is 11.8. The molecule has 1 amide bonds. The second kappa shape index (κ2) is 9.67. The number of hydrogen-bond acceptors (Lipinski definition) is 2. The van der Waals surface area contributed by atoms with Crippen molar-refractivity contribution >= 4 is 40.3 Å². The second-order valence-electron chi connectivity index (χ2n) is 4.17. The van der Waals surface area contributed by atoms with Gasteiger partial charge in [-0.3, -0.25) is 4.79 Å². The summed E-state index contributed by atoms with van der Waals surface area (Å²) in [6, 6.07) is 7.65. The first-order chi connectivity index (χ1) is 8.74. The van der Waals surface area contributed by atoms with Crippen LogP contribution >= 0.6 is 34.4 Å². The number of carbonyl (C=O) groups is 1. The molecule has 4 heteroatoms. The smallest absolute Gasteiger partial charge is 0.251 e. The summed E-state index contributed by atoms with van der Waals surface area (Å²) in [4.78, 5) is 11.8. The highest BCUT2D eigenvalue weighted by Gasteiger charge is 2.03. The highest BCUT2D eigenvalue weighted by Crippen LogP contribution is 2.07. The summed E-state index contributed by atoms with van der Waals surface area (Å²) in [6.07, 6.45) is 6.96. The van der Waals surface area contributed by atoms with Gasteiger partial charge < -0.3 is 5.32 Å². The average Bonchev–Trinajstić information content (AvgIpc) is 2.38. The minimum atomic E-state index is 0.0375. The van der Waals surface area contributed by atoms with E-state index >= 15 is 0 Å². The van der Waals surface area contributed by atoms with E-state index in [2.05, 4.69) is 34.2 Å². The second-order valence-corrected chi connectivity index (χ2v) is 6.40. The Bertz CT molecular complexity index is 353. The SMILES string of the molecule is CSCCCCCCNC(=O)c1ccc(I)cc1. The van der Waals surface area contributed by atoms with Crippen LogP contribution in [0, 0.1) is 3.57 Å². The Balaban J connectivity index is 2.12. The van der Waals surface area contributed by atoms with Gasteiger partial charge in [-0.05, 0) is 71.7 Å². The summed E-state index contributed by atoms with van der Waals surface area (Å²) in [5.74, 6) is 1.28. The van der Waals surface area contributed by atoms with E-state index in [1.165, 1.54) is 25.0 Å². The lowest BCUT2D eigenvalue weighted by molar-refractivity contribution is 0.0953. The molecule has 1 aromatic carbocycles. The van der Waals surface area contributed by atoms with Crippen molar-refractivity contribution in [3.05, 3.63) is 33.4 Å². The molecule has 100 valence electrons. The number of amides is 1. The zero-order chi connectivity index (χ0) is 13.2. The van der Waals surface area contributed by atoms with Crippen molar-refractivity contribution in [2.45, 2.75) is 25.7 Å². The maximum Gasteiger partial charge on any atom is 0.251 e. The first-order valence-electron chi connectivity index (χ1n) is 6.26. The van der Waals surface area contributed by atoms with Gasteiger partial charge in [0, 0.05) is 15.7 Å². The molecule has 0 radical (unpaired) electrons. The number of rotatable bonds is 8. The van der Waals surface area contributed by atoms with E-state index in [4.69, 9.17) is 0 Å². The third-order valence-corrected chi connectivity index (χ3v) is 4.08. The normalized spacial score (nSPS) is 10.3. The van der Waals surface area contributed by atoms with Crippen molar-refractivity contribution < 1.29 is 4.79 Å². The van der Waals surface area contributed by atoms with Gasteiger partial charge in [-0.15, -0.1) is 0 Å². The lowest BCUT2D eigenvalue weighted by Crippen LogP contribution is -2.24. The summed E-state index contributed by atoms with van der Waals surface area (Å²) < 4.78 is 1.15. The van der Waals surface area contributed by atoms with E-state index in [1.54, 1.807) is 0 Å². The number of halogens is 1. The molecule has 0 fully saturated rings. The van der Waals surface area contributed by atoms with Crippen LogP contribution in [0.15, 0.2) is 24.3 Å². The summed E-state index contributed by atoms with van der Waals surface area (Å²) in [7, 11) is 0. The van der Waals surface area contributed by atoms with Crippen molar-refractivity contribution in [2.75, 3.05) is 18.6 Å². The van der Waals surface area contributed by atoms with E-state index < -0.39 is 0 Å². The van der Waals surface area contributed by atoms with E-state index in [0.29, 0.717) is 0 Å². The topological polar surface area (TPSA) is 29.1 Å². The fourth-order valence-corrected chi connectivity index (χ4v) is 2.48. The molecule has 0 heterocycles. The van der Waals surface area contributed by atoms with Gasteiger partial charge >= 0.3 is 0 Å². The molecule has 0 aliphatic carbocycles. The Hall–Kier alpha value is -0.230. The average molecular weight is 377 g/mol. The number of unbranched alkanes of at least 4 members (excludes halogenated alkanes) is 3. The van der Waals surface area contributed by atoms with Crippen LogP contribution in [0.25, 0.3) is 0 Å². The minimum Gasteiger partial charge on any atom is -0.352 e. The monoisotopic (exact) mass is 377 g/mol. The summed E-state index contributed by atoms with van der Waals surface area (Å²) in [5.41, 5.74) is 0.748. The van der Waals surface area contributed by atoms with Crippen LogP contribution in [0.2, 0.25) is 0 Å². The molecule has 1 aromatic rings. The zero-order valence-electron chi connectivity index (χ0n) is 10.7. The maximum atomic E-state index is 11.8. The van der Waals surface area contributed by atoms with Gasteiger partial charge in [0.05, 0.1) is 0 Å². The molecule has 1 rings (SSSR count). The fourth-order valence-electron chi connectivity index (χ4n) is 1.63. The Morgan fingerprint density at radius 2 is 1.83 bits per heavy atom. The van der Waals surface area contributed by atoms with Crippen LogP contribution in [-0.4, -0.2) is 24.5 Å². The van der Waals surface area contributed by atoms with Crippen LogP contribution in [0.4, 0.5) is 0 Å². The quantitative estimate of drug-likeness (QED) is 0.549. The van der Waals surface area contributed by atoms with Crippen LogP contribution in [0.1, 0.15) is 36.0 Å². The van der Waals surface area contributed by atoms with E-state index in [0.717, 1.165) is 22.1 Å². The number of thioether (sulfide) groups is 1. The van der Waals surface area contributed by atoms with Gasteiger partial charge in [0.25, 0.3) is 5.91 Å². The first-order valence-corrected chi connectivity index (χ1v) is 8.74. The van der Waals surface area contributed by atoms with Gasteiger partial charge in [-0.1, -0.05) is 12.8 Å². The molecule has 1 N–H and O–H groups in total. The van der Waals surface area contributed by atoms with Crippen molar-refractivity contribution in [1.29, 1.82) is 0 Å². The molecular weight excluding hydrogens is 357 g/mol. The van der Waals surface area contributed by atoms with Crippen LogP contribution in [0.5, 0.6) is 0 Å². The predicted octanol–water partition coefficient (Wildman–Crippen LogP) is 3.94. The van der Waals surface area contributed by atoms with Gasteiger partial charge in [0.15, 0.2) is 0 Å². The van der Waals surface area contributed by atoms with E-state index in [9.17, 15) is 4.79 Å². The molecule has 0 aliphatic rings. The summed E-state index contributed by atoms with van der Waals surface area (Å²) >= 11 is 4.14. The largest absolute Gasteiger partial charge is 0.352 e. The van der Waals surface area contributed by atoms with Gasteiger partial charge in [-0.2, -0.15) is 11.8 Å². The molecule has 2 nitrogen and oxygen atoms in total. The van der Waals surface area contributed by atoms with Crippen LogP contribution < -0.4 is 5.32 Å². The number of benzene rings is 1. The Labute approximate surface area is 127 Å². The summed E-state index contributed by atoms with van der Waals surface area (Å²) in [6.45, 7) is 0.782. The van der Waals surface area contributed by atoms with Crippen molar-refractivity contribution in [3.8, 4) is 0 Å². The van der Waals surface area contributed by atoms with Gasteiger partial charge in [0.2, 0.25) is 0 Å². The van der Waals surface area contributed by atoms with Gasteiger partial charge in [0.1, 0.15) is 0 Å². The number of nitrogens with one attached hydrogen (secondary N) is 1. The number of hydrogen-bond donors (Lipinski definition) is 1. The Morgan fingerprint density at radius 1 is 1.17 bits per heavy atom. The molecule has 0 saturated heterocycles. The molecule has 0 spiro atoms. The molecule has 0 atom stereocenters. The van der Waals surface area contributed by atoms with E-state index in [1.807, 2.05) is 36.0 Å². The van der Waals surface area contributed by atoms with Crippen LogP contribution in [0.3, 0.4) is 0 Å². The Morgan fingerprint density at radius 3 is 2.50 bits per heavy atom. The molecular formula is C14H20INOS. The molecule has 18 heavy (non-hydrogen) atoms. The molecule has 0 aliphatic heterocycles. The van der Waals surface area contributed by atoms with E-state index in [-0.39, 0.29) is 5.91 Å². The minimum absolute atomic E-state index is 0.0375. The molecule has 0 aromatic heterocycles. The zero-order valence-corrected chi connectivity index (χ0v) is 13.7. The van der Waals surface area contributed by atoms with Gasteiger partial charge in [-0.25, -0.2) is 0 Å². The predicted molar refractivity (Wildman–Crippen MR) is 88.3 cm³/mol. The highest BCUT2D eigenvalue weighted by molar-refractivity contribution is 14.1. The lowest BCUT2D eigenvalue weighted by Gasteiger charge is -2.05. The molecule has 0 saturated carbocycles. The lowest BCUT2D eigenvalue weighted by atomic mass is 10.2. The van der Waals surface area contributed by atoms with Crippen molar-refractivity contribution in [1.82, 2.24) is 5.32 Å². The first kappa shape index (κ1) is 15.8. The highest BCUT2D eigenvalue weighted by atomic mass is 127. The van der Waals surface area contributed by atoms with Crippen molar-refractivity contribution in [2.24, 2.45) is 0 Å². The van der Waals surface area contributed by atoms with Crippen LogP contribution in [-0.2, 0) is 0 Å². The standard InChI is InChI=1S/C14H20INOS/c1-18-11-5-3-2-4-10-16-14(17)12-6-8-13(15)9-7-12/h6-9H,2-5,10-11H2,1H3,(H,16,17). The molecule has 0 unspecified atom stereocenters. The Kier molecular flexibility index (Phi) is 8.50. The van der Waals surface area contributed by atoms with Crippen molar-refractivity contribution in [3.63, 3.8) is 0 Å².